The summed E-state index contributed by atoms with van der Waals surface area (Å²) in [6.45, 7) is 0.637. The van der Waals surface area contributed by atoms with Crippen molar-refractivity contribution >= 4 is 22.9 Å². The number of nitrogens with zero attached hydrogens (tertiary/aromatic N) is 1. The van der Waals surface area contributed by atoms with Gasteiger partial charge < -0.3 is 15.5 Å². The lowest BCUT2D eigenvalue weighted by atomic mass is 10.1. The van der Waals surface area contributed by atoms with Crippen LogP contribution in [0.5, 0.6) is 0 Å². The first kappa shape index (κ1) is 13.4. The van der Waals surface area contributed by atoms with Crippen LogP contribution in [-0.4, -0.2) is 10.9 Å². The smallest absolute Gasteiger partial charge is 0.249 e. The van der Waals surface area contributed by atoms with Crippen LogP contribution in [0.2, 0.25) is 0 Å². The second kappa shape index (κ2) is 5.80. The lowest BCUT2D eigenvalue weighted by Crippen LogP contribution is -2.09. The third-order valence-electron chi connectivity index (χ3n) is 2.98. The molecule has 3 aromatic rings. The molecule has 2 aromatic heterocycles. The highest BCUT2D eigenvalue weighted by atomic mass is 32.1. The molecule has 1 amide bonds. The predicted molar refractivity (Wildman–Crippen MR) is 82.1 cm³/mol. The molecule has 0 fully saturated rings. The van der Waals surface area contributed by atoms with Gasteiger partial charge in [0.15, 0.2) is 12.2 Å². The molecule has 5 nitrogen and oxygen atoms in total. The minimum Gasteiger partial charge on any atom is -0.444 e. The van der Waals surface area contributed by atoms with Crippen molar-refractivity contribution in [3.05, 3.63) is 58.7 Å². The quantitative estimate of drug-likeness (QED) is 0.758. The molecule has 0 spiro atoms. The van der Waals surface area contributed by atoms with E-state index in [1.54, 1.807) is 17.6 Å². The van der Waals surface area contributed by atoms with Crippen molar-refractivity contribution in [3.8, 4) is 11.3 Å². The molecule has 2 heterocycles. The van der Waals surface area contributed by atoms with Gasteiger partial charge in [-0.2, -0.15) is 0 Å². The van der Waals surface area contributed by atoms with Crippen molar-refractivity contribution in [2.45, 2.75) is 6.54 Å². The molecule has 3 rings (SSSR count). The van der Waals surface area contributed by atoms with Gasteiger partial charge in [-0.15, -0.1) is 11.3 Å². The van der Waals surface area contributed by atoms with E-state index in [-0.39, 0.29) is 0 Å². The second-order valence-electron chi connectivity index (χ2n) is 4.47. The van der Waals surface area contributed by atoms with E-state index in [1.165, 1.54) is 17.7 Å². The van der Waals surface area contributed by atoms with E-state index in [4.69, 9.17) is 10.2 Å². The van der Waals surface area contributed by atoms with E-state index < -0.39 is 5.91 Å². The molecule has 0 saturated carbocycles. The van der Waals surface area contributed by atoms with Crippen molar-refractivity contribution < 1.29 is 9.21 Å². The number of carbonyl (C=O) groups excluding carboxylic acids is 1. The highest BCUT2D eigenvalue weighted by Crippen LogP contribution is 2.23. The summed E-state index contributed by atoms with van der Waals surface area (Å²) in [5, 5.41) is 5.08. The predicted octanol–water partition coefficient (Wildman–Crippen LogP) is 3.11. The van der Waals surface area contributed by atoms with Crippen molar-refractivity contribution in [3.63, 3.8) is 0 Å². The summed E-state index contributed by atoms with van der Waals surface area (Å²) < 4.78 is 5.28. The van der Waals surface area contributed by atoms with Gasteiger partial charge in [-0.3, -0.25) is 4.79 Å². The normalized spacial score (nSPS) is 10.5. The van der Waals surface area contributed by atoms with Gasteiger partial charge in [-0.05, 0) is 18.2 Å². The molecule has 0 atom stereocenters. The molecule has 1 aromatic carbocycles. The first-order chi connectivity index (χ1) is 10.2. The number of carbonyl (C=O) groups is 1. The van der Waals surface area contributed by atoms with Crippen molar-refractivity contribution in [1.82, 2.24) is 4.98 Å². The fraction of sp³-hybridized carbons (Fsp3) is 0.0667. The maximum absolute atomic E-state index is 11.1. The zero-order chi connectivity index (χ0) is 14.7. The molecular weight excluding hydrogens is 286 g/mol. The number of hydrogen-bond donors (Lipinski definition) is 2. The topological polar surface area (TPSA) is 81.2 Å². The van der Waals surface area contributed by atoms with E-state index in [1.807, 2.05) is 24.3 Å². The van der Waals surface area contributed by atoms with Gasteiger partial charge in [0.2, 0.25) is 5.91 Å². The van der Waals surface area contributed by atoms with Crippen LogP contribution in [0.15, 0.2) is 52.7 Å². The third kappa shape index (κ3) is 3.11. The van der Waals surface area contributed by atoms with E-state index in [9.17, 15) is 4.79 Å². The monoisotopic (exact) mass is 299 g/mol. The highest BCUT2D eigenvalue weighted by Gasteiger charge is 2.05. The number of oxazole rings is 1. The number of hydrogen-bond acceptors (Lipinski definition) is 5. The summed E-state index contributed by atoms with van der Waals surface area (Å²) in [6.07, 6.45) is 3.09. The molecule has 0 bridgehead atoms. The van der Waals surface area contributed by atoms with Gasteiger partial charge in [0.25, 0.3) is 0 Å². The molecule has 0 aliphatic carbocycles. The van der Waals surface area contributed by atoms with Crippen molar-refractivity contribution in [2.24, 2.45) is 5.73 Å². The SMILES string of the molecule is NC(=O)c1csc(CNc2cccc(-c3cnco3)c2)c1. The zero-order valence-corrected chi connectivity index (χ0v) is 11.9. The molecule has 0 unspecified atom stereocenters. The molecule has 0 radical (unpaired) electrons. The molecule has 0 saturated heterocycles. The van der Waals surface area contributed by atoms with Gasteiger partial charge in [-0.25, -0.2) is 4.98 Å². The van der Waals surface area contributed by atoms with Crippen LogP contribution in [0, 0.1) is 0 Å². The van der Waals surface area contributed by atoms with Crippen LogP contribution in [0.1, 0.15) is 15.2 Å². The molecule has 3 N–H and O–H groups in total. The minimum atomic E-state index is -0.398. The Labute approximate surface area is 125 Å². The standard InChI is InChI=1S/C15H13N3O2S/c16-15(19)11-5-13(21-8-11)6-18-12-3-1-2-10(4-12)14-7-17-9-20-14/h1-5,7-9,18H,6H2,(H2,16,19). The van der Waals surface area contributed by atoms with Crippen LogP contribution < -0.4 is 11.1 Å². The number of aromatic nitrogens is 1. The Morgan fingerprint density at radius 2 is 2.29 bits per heavy atom. The van der Waals surface area contributed by atoms with E-state index in [0.717, 1.165) is 21.9 Å². The van der Waals surface area contributed by atoms with Crippen LogP contribution >= 0.6 is 11.3 Å². The first-order valence-corrected chi connectivity index (χ1v) is 7.20. The van der Waals surface area contributed by atoms with Crippen LogP contribution in [0.25, 0.3) is 11.3 Å². The number of amides is 1. The largest absolute Gasteiger partial charge is 0.444 e. The Balaban J connectivity index is 1.70. The van der Waals surface area contributed by atoms with Crippen LogP contribution in [-0.2, 0) is 6.54 Å². The average Bonchev–Trinajstić information content (AvgIpc) is 3.17. The lowest BCUT2D eigenvalue weighted by molar-refractivity contribution is 0.100. The van der Waals surface area contributed by atoms with Crippen LogP contribution in [0.3, 0.4) is 0 Å². The Morgan fingerprint density at radius 3 is 3.00 bits per heavy atom. The summed E-state index contributed by atoms with van der Waals surface area (Å²) in [4.78, 5) is 16.0. The van der Waals surface area contributed by atoms with E-state index in [2.05, 4.69) is 10.3 Å². The maximum atomic E-state index is 11.1. The molecule has 6 heteroatoms. The number of anilines is 1. The van der Waals surface area contributed by atoms with E-state index >= 15 is 0 Å². The fourth-order valence-electron chi connectivity index (χ4n) is 1.93. The first-order valence-electron chi connectivity index (χ1n) is 6.32. The summed E-state index contributed by atoms with van der Waals surface area (Å²) in [6, 6.07) is 9.68. The Bertz CT molecular complexity index is 750. The molecule has 0 aliphatic heterocycles. The number of nitrogens with one attached hydrogen (secondary N) is 1. The van der Waals surface area contributed by atoms with Crippen molar-refractivity contribution in [1.29, 1.82) is 0 Å². The number of rotatable bonds is 5. The highest BCUT2D eigenvalue weighted by molar-refractivity contribution is 7.10. The summed E-state index contributed by atoms with van der Waals surface area (Å²) in [5.41, 5.74) is 7.72. The number of benzene rings is 1. The van der Waals surface area contributed by atoms with E-state index in [0.29, 0.717) is 12.1 Å². The lowest BCUT2D eigenvalue weighted by Gasteiger charge is -2.06. The Kier molecular flexibility index (Phi) is 3.70. The average molecular weight is 299 g/mol. The van der Waals surface area contributed by atoms with Gasteiger partial charge in [0, 0.05) is 28.1 Å². The summed E-state index contributed by atoms with van der Waals surface area (Å²) in [5.74, 6) is 0.329. The molecule has 106 valence electrons. The second-order valence-corrected chi connectivity index (χ2v) is 5.46. The molecule has 21 heavy (non-hydrogen) atoms. The molecular formula is C15H13N3O2S. The van der Waals surface area contributed by atoms with Gasteiger partial charge in [0.05, 0.1) is 11.8 Å². The molecule has 0 aliphatic rings. The van der Waals surface area contributed by atoms with Gasteiger partial charge in [0.1, 0.15) is 0 Å². The number of nitrogens with two attached hydrogens (primary N) is 1. The Morgan fingerprint density at radius 1 is 1.38 bits per heavy atom. The zero-order valence-electron chi connectivity index (χ0n) is 11.1. The number of primary amides is 1. The van der Waals surface area contributed by atoms with Crippen molar-refractivity contribution in [2.75, 3.05) is 5.32 Å². The summed E-state index contributed by atoms with van der Waals surface area (Å²) in [7, 11) is 0. The fourth-order valence-corrected chi connectivity index (χ4v) is 2.75. The minimum absolute atomic E-state index is 0.398. The van der Waals surface area contributed by atoms with Gasteiger partial charge in [-0.1, -0.05) is 12.1 Å². The van der Waals surface area contributed by atoms with Crippen LogP contribution in [0.4, 0.5) is 5.69 Å². The Hall–Kier alpha value is -2.60. The third-order valence-corrected chi connectivity index (χ3v) is 3.92. The maximum Gasteiger partial charge on any atom is 0.249 e. The van der Waals surface area contributed by atoms with Gasteiger partial charge >= 0.3 is 0 Å². The summed E-state index contributed by atoms with van der Waals surface area (Å²) >= 11 is 1.51. The number of thiophene rings is 1.